The second kappa shape index (κ2) is 6.23. The molecule has 3 nitrogen and oxygen atoms in total. The second-order valence-electron chi connectivity index (χ2n) is 5.82. The molecule has 1 aromatic rings. The normalized spacial score (nSPS) is 24.6. The lowest BCUT2D eigenvalue weighted by atomic mass is 9.98. The Kier molecular flexibility index (Phi) is 4.78. The van der Waals surface area contributed by atoms with Crippen LogP contribution in [0.15, 0.2) is 24.3 Å². The smallest absolute Gasteiger partial charge is 0.406 e. The van der Waals surface area contributed by atoms with Crippen molar-refractivity contribution in [1.29, 1.82) is 0 Å². The molecule has 2 rings (SSSR count). The SMILES string of the molecule is CC1(O)CCCN(Cc2ccc(OC(F)(F)F)cc2)CC1. The number of aliphatic hydroxyl groups is 1. The lowest BCUT2D eigenvalue weighted by molar-refractivity contribution is -0.274. The molecule has 1 aromatic carbocycles. The molecule has 1 unspecified atom stereocenters. The van der Waals surface area contributed by atoms with E-state index in [-0.39, 0.29) is 5.75 Å². The summed E-state index contributed by atoms with van der Waals surface area (Å²) in [4.78, 5) is 2.21. The van der Waals surface area contributed by atoms with Gasteiger partial charge in [0.1, 0.15) is 5.75 Å². The molecule has 1 aliphatic heterocycles. The summed E-state index contributed by atoms with van der Waals surface area (Å²) in [6, 6.07) is 5.95. The Hall–Kier alpha value is -1.27. The number of likely N-dealkylation sites (tertiary alicyclic amines) is 1. The van der Waals surface area contributed by atoms with Gasteiger partial charge in [0.25, 0.3) is 0 Å². The van der Waals surface area contributed by atoms with Gasteiger partial charge in [0.05, 0.1) is 5.60 Å². The third kappa shape index (κ3) is 5.55. The number of halogens is 3. The average Bonchev–Trinajstić information content (AvgIpc) is 2.52. The fraction of sp³-hybridized carbons (Fsp3) is 0.600. The van der Waals surface area contributed by atoms with Crippen LogP contribution in [0.5, 0.6) is 5.75 Å². The van der Waals surface area contributed by atoms with E-state index in [1.165, 1.54) is 12.1 Å². The number of ether oxygens (including phenoxy) is 1. The highest BCUT2D eigenvalue weighted by Gasteiger charge is 2.31. The van der Waals surface area contributed by atoms with Gasteiger partial charge in [0.2, 0.25) is 0 Å². The van der Waals surface area contributed by atoms with E-state index in [0.29, 0.717) is 13.0 Å². The maximum atomic E-state index is 12.1. The fourth-order valence-electron chi connectivity index (χ4n) is 2.53. The van der Waals surface area contributed by atoms with Gasteiger partial charge in [-0.05, 0) is 50.4 Å². The molecule has 1 heterocycles. The molecule has 1 N–H and O–H groups in total. The maximum absolute atomic E-state index is 12.1. The van der Waals surface area contributed by atoms with E-state index in [1.807, 2.05) is 6.92 Å². The van der Waals surface area contributed by atoms with E-state index in [1.54, 1.807) is 12.1 Å². The van der Waals surface area contributed by atoms with E-state index < -0.39 is 12.0 Å². The monoisotopic (exact) mass is 303 g/mol. The van der Waals surface area contributed by atoms with Crippen molar-refractivity contribution < 1.29 is 23.0 Å². The Labute approximate surface area is 122 Å². The van der Waals surface area contributed by atoms with Crippen molar-refractivity contribution in [2.75, 3.05) is 13.1 Å². The first-order valence-corrected chi connectivity index (χ1v) is 7.03. The molecule has 6 heteroatoms. The summed E-state index contributed by atoms with van der Waals surface area (Å²) in [7, 11) is 0. The second-order valence-corrected chi connectivity index (χ2v) is 5.82. The standard InChI is InChI=1S/C15H20F3NO2/c1-14(20)7-2-9-19(10-8-14)11-12-3-5-13(6-4-12)21-15(16,17)18/h3-6,20H,2,7-11H2,1H3. The van der Waals surface area contributed by atoms with Gasteiger partial charge in [0, 0.05) is 13.1 Å². The van der Waals surface area contributed by atoms with Crippen LogP contribution in [-0.2, 0) is 6.54 Å². The first-order valence-electron chi connectivity index (χ1n) is 7.03. The zero-order chi connectivity index (χ0) is 15.5. The Balaban J connectivity index is 1.91. The van der Waals surface area contributed by atoms with Crippen LogP contribution in [0.2, 0.25) is 0 Å². The first-order chi connectivity index (χ1) is 9.73. The summed E-state index contributed by atoms with van der Waals surface area (Å²) in [5.41, 5.74) is 0.324. The highest BCUT2D eigenvalue weighted by Crippen LogP contribution is 2.25. The highest BCUT2D eigenvalue weighted by molar-refractivity contribution is 5.27. The average molecular weight is 303 g/mol. The van der Waals surface area contributed by atoms with Crippen molar-refractivity contribution in [1.82, 2.24) is 4.90 Å². The molecule has 1 fully saturated rings. The molecule has 1 atom stereocenters. The summed E-state index contributed by atoms with van der Waals surface area (Å²) in [6.07, 6.45) is -2.25. The van der Waals surface area contributed by atoms with Gasteiger partial charge in [-0.1, -0.05) is 12.1 Å². The number of rotatable bonds is 3. The molecule has 0 aromatic heterocycles. The molecule has 0 aliphatic carbocycles. The quantitative estimate of drug-likeness (QED) is 0.930. The molecular weight excluding hydrogens is 283 g/mol. The minimum Gasteiger partial charge on any atom is -0.406 e. The van der Waals surface area contributed by atoms with E-state index >= 15 is 0 Å². The Morgan fingerprint density at radius 1 is 1.19 bits per heavy atom. The largest absolute Gasteiger partial charge is 0.573 e. The lowest BCUT2D eigenvalue weighted by Crippen LogP contribution is -2.28. The van der Waals surface area contributed by atoms with Crippen molar-refractivity contribution in [3.05, 3.63) is 29.8 Å². The molecule has 0 bridgehead atoms. The van der Waals surface area contributed by atoms with Crippen LogP contribution >= 0.6 is 0 Å². The fourth-order valence-corrected chi connectivity index (χ4v) is 2.53. The molecule has 0 amide bonds. The zero-order valence-corrected chi connectivity index (χ0v) is 12.0. The predicted molar refractivity (Wildman–Crippen MR) is 72.9 cm³/mol. The van der Waals surface area contributed by atoms with Gasteiger partial charge < -0.3 is 9.84 Å². The van der Waals surface area contributed by atoms with Gasteiger partial charge in [-0.3, -0.25) is 4.90 Å². The van der Waals surface area contributed by atoms with Crippen LogP contribution in [-0.4, -0.2) is 35.1 Å². The van der Waals surface area contributed by atoms with Gasteiger partial charge >= 0.3 is 6.36 Å². The third-order valence-corrected chi connectivity index (χ3v) is 3.72. The summed E-state index contributed by atoms with van der Waals surface area (Å²) in [6.45, 7) is 4.19. The van der Waals surface area contributed by atoms with Crippen LogP contribution < -0.4 is 4.74 Å². The summed E-state index contributed by atoms with van der Waals surface area (Å²) < 4.78 is 40.1. The molecule has 1 saturated heterocycles. The van der Waals surface area contributed by atoms with E-state index in [2.05, 4.69) is 9.64 Å². The van der Waals surface area contributed by atoms with Crippen molar-refractivity contribution in [3.63, 3.8) is 0 Å². The van der Waals surface area contributed by atoms with Crippen LogP contribution in [0.1, 0.15) is 31.7 Å². The molecule has 0 radical (unpaired) electrons. The summed E-state index contributed by atoms with van der Waals surface area (Å²) >= 11 is 0. The number of alkyl halides is 3. The van der Waals surface area contributed by atoms with Crippen LogP contribution in [0.25, 0.3) is 0 Å². The molecular formula is C15H20F3NO2. The first kappa shape index (κ1) is 16.1. The lowest BCUT2D eigenvalue weighted by Gasteiger charge is -2.22. The Morgan fingerprint density at radius 3 is 2.48 bits per heavy atom. The van der Waals surface area contributed by atoms with Gasteiger partial charge in [-0.15, -0.1) is 13.2 Å². The van der Waals surface area contributed by atoms with Crippen LogP contribution in [0.3, 0.4) is 0 Å². The third-order valence-electron chi connectivity index (χ3n) is 3.72. The maximum Gasteiger partial charge on any atom is 0.573 e. The predicted octanol–water partition coefficient (Wildman–Crippen LogP) is 3.32. The van der Waals surface area contributed by atoms with Crippen molar-refractivity contribution in [2.24, 2.45) is 0 Å². The number of nitrogens with zero attached hydrogens (tertiary/aromatic N) is 1. The zero-order valence-electron chi connectivity index (χ0n) is 12.0. The van der Waals surface area contributed by atoms with E-state index in [9.17, 15) is 18.3 Å². The van der Waals surface area contributed by atoms with Gasteiger partial charge in [-0.25, -0.2) is 0 Å². The molecule has 118 valence electrons. The minimum atomic E-state index is -4.65. The minimum absolute atomic E-state index is 0.204. The number of hydrogen-bond acceptors (Lipinski definition) is 3. The van der Waals surface area contributed by atoms with Gasteiger partial charge in [0.15, 0.2) is 0 Å². The number of benzene rings is 1. The molecule has 1 aliphatic rings. The van der Waals surface area contributed by atoms with Crippen LogP contribution in [0.4, 0.5) is 13.2 Å². The number of hydrogen-bond donors (Lipinski definition) is 1. The Morgan fingerprint density at radius 2 is 1.86 bits per heavy atom. The topological polar surface area (TPSA) is 32.7 Å². The van der Waals surface area contributed by atoms with Crippen molar-refractivity contribution in [2.45, 2.75) is 44.7 Å². The highest BCUT2D eigenvalue weighted by atomic mass is 19.4. The summed E-state index contributed by atoms with van der Waals surface area (Å²) in [5.74, 6) is -0.204. The van der Waals surface area contributed by atoms with E-state index in [4.69, 9.17) is 0 Å². The Bertz CT molecular complexity index is 457. The molecule has 0 spiro atoms. The summed E-state index contributed by atoms with van der Waals surface area (Å²) in [5, 5.41) is 10.0. The van der Waals surface area contributed by atoms with Crippen molar-refractivity contribution in [3.8, 4) is 5.75 Å². The van der Waals surface area contributed by atoms with Crippen molar-refractivity contribution >= 4 is 0 Å². The van der Waals surface area contributed by atoms with Crippen LogP contribution in [0, 0.1) is 0 Å². The van der Waals surface area contributed by atoms with E-state index in [0.717, 1.165) is 31.5 Å². The molecule has 0 saturated carbocycles. The van der Waals surface area contributed by atoms with Gasteiger partial charge in [-0.2, -0.15) is 0 Å². The molecule has 21 heavy (non-hydrogen) atoms.